The van der Waals surface area contributed by atoms with Crippen molar-refractivity contribution in [2.24, 2.45) is 5.73 Å². The second-order valence-corrected chi connectivity index (χ2v) is 7.72. The van der Waals surface area contributed by atoms with Crippen molar-refractivity contribution in [2.75, 3.05) is 18.0 Å². The maximum Gasteiger partial charge on any atom is 0.406 e. The first-order valence-corrected chi connectivity index (χ1v) is 9.91. The van der Waals surface area contributed by atoms with Gasteiger partial charge in [-0.25, -0.2) is 4.98 Å². The van der Waals surface area contributed by atoms with E-state index in [1.807, 2.05) is 35.2 Å². The number of hydrogen-bond acceptors (Lipinski definition) is 5. The minimum Gasteiger partial charge on any atom is -0.355 e. The Morgan fingerprint density at radius 3 is 2.59 bits per heavy atom. The van der Waals surface area contributed by atoms with E-state index in [0.717, 1.165) is 24.7 Å². The maximum atomic E-state index is 13.1. The summed E-state index contributed by atoms with van der Waals surface area (Å²) in [6.45, 7) is -0.120. The lowest BCUT2D eigenvalue weighted by atomic mass is 10.1. The third-order valence-electron chi connectivity index (χ3n) is 5.40. The van der Waals surface area contributed by atoms with E-state index >= 15 is 0 Å². The molecule has 2 N–H and O–H groups in total. The molecule has 0 amide bonds. The zero-order valence-electron chi connectivity index (χ0n) is 17.0. The molecular weight excluding hydrogens is 445 g/mol. The second kappa shape index (κ2) is 9.22. The van der Waals surface area contributed by atoms with Crippen LogP contribution < -0.4 is 16.2 Å². The van der Waals surface area contributed by atoms with Crippen molar-refractivity contribution < 1.29 is 13.2 Å². The fourth-order valence-corrected chi connectivity index (χ4v) is 4.11. The molecule has 1 atom stereocenters. The lowest BCUT2D eigenvalue weighted by Crippen LogP contribution is -2.44. The van der Waals surface area contributed by atoms with Gasteiger partial charge in [0.05, 0.1) is 6.33 Å². The van der Waals surface area contributed by atoms with Crippen LogP contribution in [0.1, 0.15) is 24.0 Å². The number of benzene rings is 1. The van der Waals surface area contributed by atoms with Crippen LogP contribution in [0.5, 0.6) is 0 Å². The van der Waals surface area contributed by atoms with Crippen LogP contribution in [0.15, 0.2) is 41.5 Å². The Bertz CT molecular complexity index is 1200. The Balaban J connectivity index is 0.00000289. The predicted molar refractivity (Wildman–Crippen MR) is 117 cm³/mol. The number of fused-ring (bicyclic) bond motifs is 1. The highest BCUT2D eigenvalue weighted by molar-refractivity contribution is 5.89. The standard InChI is InChI=1S/C21H21F3N6O.ClH/c22-21(23,24)12-29-13-27-17-16(9-25)19(28-8-4-7-15(26)11-28)30(18(17)20(29)31)10-14-5-2-1-3-6-14;/h1-3,5-6,13,15H,4,7-8,10-12,26H2;1H. The molecule has 0 radical (unpaired) electrons. The zero-order chi connectivity index (χ0) is 22.2. The highest BCUT2D eigenvalue weighted by Gasteiger charge is 2.32. The highest BCUT2D eigenvalue weighted by Crippen LogP contribution is 2.32. The topological polar surface area (TPSA) is 92.9 Å². The van der Waals surface area contributed by atoms with Crippen molar-refractivity contribution in [2.45, 2.75) is 38.1 Å². The van der Waals surface area contributed by atoms with Gasteiger partial charge in [0, 0.05) is 25.7 Å². The number of aromatic nitrogens is 3. The number of nitrogens with zero attached hydrogens (tertiary/aromatic N) is 5. The van der Waals surface area contributed by atoms with Gasteiger partial charge in [0.1, 0.15) is 35.0 Å². The molecule has 32 heavy (non-hydrogen) atoms. The van der Waals surface area contributed by atoms with Gasteiger partial charge in [-0.3, -0.25) is 9.36 Å². The van der Waals surface area contributed by atoms with Crippen molar-refractivity contribution >= 4 is 29.3 Å². The molecule has 11 heteroatoms. The smallest absolute Gasteiger partial charge is 0.355 e. The van der Waals surface area contributed by atoms with E-state index in [9.17, 15) is 23.2 Å². The third kappa shape index (κ3) is 4.59. The summed E-state index contributed by atoms with van der Waals surface area (Å²) in [5.74, 6) is 0.478. The summed E-state index contributed by atoms with van der Waals surface area (Å²) in [6, 6.07) is 11.2. The Hall–Kier alpha value is -3.03. The second-order valence-electron chi connectivity index (χ2n) is 7.72. The van der Waals surface area contributed by atoms with Crippen molar-refractivity contribution in [1.82, 2.24) is 14.1 Å². The lowest BCUT2D eigenvalue weighted by molar-refractivity contribution is -0.141. The first-order chi connectivity index (χ1) is 14.8. The van der Waals surface area contributed by atoms with Gasteiger partial charge in [-0.05, 0) is 18.4 Å². The molecule has 7 nitrogen and oxygen atoms in total. The molecule has 170 valence electrons. The van der Waals surface area contributed by atoms with Gasteiger partial charge < -0.3 is 15.2 Å². The van der Waals surface area contributed by atoms with Crippen molar-refractivity contribution in [3.63, 3.8) is 0 Å². The normalized spacial score (nSPS) is 16.6. The molecule has 2 aromatic heterocycles. The van der Waals surface area contributed by atoms with Gasteiger partial charge in [-0.2, -0.15) is 18.4 Å². The van der Waals surface area contributed by atoms with Gasteiger partial charge in [-0.15, -0.1) is 12.4 Å². The average Bonchev–Trinajstić information content (AvgIpc) is 3.04. The monoisotopic (exact) mass is 466 g/mol. The summed E-state index contributed by atoms with van der Waals surface area (Å²) >= 11 is 0. The van der Waals surface area contributed by atoms with Crippen molar-refractivity contribution in [3.05, 3.63) is 58.1 Å². The molecule has 0 bridgehead atoms. The van der Waals surface area contributed by atoms with Gasteiger partial charge in [0.25, 0.3) is 5.56 Å². The molecule has 1 aliphatic rings. The van der Waals surface area contributed by atoms with Crippen LogP contribution in [0.4, 0.5) is 19.0 Å². The van der Waals surface area contributed by atoms with Crippen molar-refractivity contribution in [3.8, 4) is 6.07 Å². The number of alkyl halides is 3. The first kappa shape index (κ1) is 23.6. The summed E-state index contributed by atoms with van der Waals surface area (Å²) in [5, 5.41) is 9.89. The number of piperidine rings is 1. The average molecular weight is 467 g/mol. The fourth-order valence-electron chi connectivity index (χ4n) is 4.11. The lowest BCUT2D eigenvalue weighted by Gasteiger charge is -2.33. The molecule has 1 fully saturated rings. The van der Waals surface area contributed by atoms with E-state index in [1.165, 1.54) is 0 Å². The third-order valence-corrected chi connectivity index (χ3v) is 5.40. The van der Waals surface area contributed by atoms with Crippen LogP contribution >= 0.6 is 12.4 Å². The molecule has 4 rings (SSSR count). The molecule has 1 unspecified atom stereocenters. The van der Waals surface area contributed by atoms with Crippen LogP contribution in [0.2, 0.25) is 0 Å². The molecular formula is C21H22ClF3N6O. The Morgan fingerprint density at radius 1 is 1.25 bits per heavy atom. The SMILES string of the molecule is Cl.N#Cc1c(N2CCCC(N)C2)n(Cc2ccccc2)c2c(=O)n(CC(F)(F)F)cnc12. The molecule has 3 aromatic rings. The minimum atomic E-state index is -4.57. The Labute approximate surface area is 188 Å². The van der Waals surface area contributed by atoms with Crippen molar-refractivity contribution in [1.29, 1.82) is 5.26 Å². The first-order valence-electron chi connectivity index (χ1n) is 9.91. The molecule has 1 saturated heterocycles. The largest absolute Gasteiger partial charge is 0.406 e. The van der Waals surface area contributed by atoms with E-state index in [2.05, 4.69) is 11.1 Å². The quantitative estimate of drug-likeness (QED) is 0.638. The predicted octanol–water partition coefficient (Wildman–Crippen LogP) is 3.03. The summed E-state index contributed by atoms with van der Waals surface area (Å²) < 4.78 is 41.1. The molecule has 0 saturated carbocycles. The van der Waals surface area contributed by atoms with E-state index in [1.54, 1.807) is 4.57 Å². The molecule has 3 heterocycles. The fraction of sp³-hybridized carbons (Fsp3) is 0.381. The number of nitrogens with two attached hydrogens (primary N) is 1. The minimum absolute atomic E-state index is 0. The van der Waals surface area contributed by atoms with E-state index in [0.29, 0.717) is 23.5 Å². The molecule has 1 aromatic carbocycles. The van der Waals surface area contributed by atoms with Crippen LogP contribution in [0, 0.1) is 11.3 Å². The summed E-state index contributed by atoms with van der Waals surface area (Å²) in [6.07, 6.45) is -2.06. The maximum absolute atomic E-state index is 13.1. The Morgan fingerprint density at radius 2 is 1.97 bits per heavy atom. The van der Waals surface area contributed by atoms with E-state index in [-0.39, 0.29) is 41.6 Å². The molecule has 0 aliphatic carbocycles. The van der Waals surface area contributed by atoms with E-state index < -0.39 is 18.3 Å². The van der Waals surface area contributed by atoms with Crippen LogP contribution in [0.25, 0.3) is 11.0 Å². The van der Waals surface area contributed by atoms with Gasteiger partial charge in [0.2, 0.25) is 0 Å². The van der Waals surface area contributed by atoms with Gasteiger partial charge in [-0.1, -0.05) is 30.3 Å². The van der Waals surface area contributed by atoms with E-state index in [4.69, 9.17) is 5.73 Å². The zero-order valence-corrected chi connectivity index (χ0v) is 17.9. The number of nitriles is 1. The summed E-state index contributed by atoms with van der Waals surface area (Å²) in [5.41, 5.74) is 6.42. The molecule has 0 spiro atoms. The summed E-state index contributed by atoms with van der Waals surface area (Å²) in [7, 11) is 0. The number of rotatable bonds is 4. The molecule has 1 aliphatic heterocycles. The van der Waals surface area contributed by atoms with Crippen LogP contribution in [-0.2, 0) is 13.1 Å². The summed E-state index contributed by atoms with van der Waals surface area (Å²) in [4.78, 5) is 19.1. The number of hydrogen-bond donors (Lipinski definition) is 1. The van der Waals surface area contributed by atoms with Gasteiger partial charge in [0.15, 0.2) is 0 Å². The number of anilines is 1. The number of halogens is 4. The van der Waals surface area contributed by atoms with Crippen LogP contribution in [0.3, 0.4) is 0 Å². The van der Waals surface area contributed by atoms with Gasteiger partial charge >= 0.3 is 6.18 Å². The van der Waals surface area contributed by atoms with Crippen LogP contribution in [-0.4, -0.2) is 39.4 Å². The highest BCUT2D eigenvalue weighted by atomic mass is 35.5. The Kier molecular flexibility index (Phi) is 6.81.